The highest BCUT2D eigenvalue weighted by molar-refractivity contribution is 9.10. The molecule has 2 rings (SSSR count). The second-order valence-electron chi connectivity index (χ2n) is 5.38. The second-order valence-corrected chi connectivity index (χ2v) is 9.84. The first-order valence-electron chi connectivity index (χ1n) is 6.42. The number of aryl methyl sites for hydroxylation is 1. The van der Waals surface area contributed by atoms with Crippen molar-refractivity contribution in [2.75, 3.05) is 6.26 Å². The molecule has 0 spiro atoms. The number of aliphatic hydroxyl groups is 1. The highest BCUT2D eigenvalue weighted by Crippen LogP contribution is 2.40. The van der Waals surface area contributed by atoms with Crippen LogP contribution in [0.4, 0.5) is 0 Å². The Morgan fingerprint density at radius 3 is 2.68 bits per heavy atom. The lowest BCUT2D eigenvalue weighted by atomic mass is 9.84. The molecule has 3 nitrogen and oxygen atoms in total. The van der Waals surface area contributed by atoms with Crippen LogP contribution in [0.1, 0.15) is 41.5 Å². The molecule has 0 aromatic carbocycles. The minimum atomic E-state index is -2.99. The average Bonchev–Trinajstić information content (AvgIpc) is 2.68. The highest BCUT2D eigenvalue weighted by Gasteiger charge is 2.33. The summed E-state index contributed by atoms with van der Waals surface area (Å²) in [5.74, 6) is 0.0541. The summed E-state index contributed by atoms with van der Waals surface area (Å²) >= 11 is 5.03. The molecule has 19 heavy (non-hydrogen) atoms. The van der Waals surface area contributed by atoms with Crippen LogP contribution in [0.25, 0.3) is 0 Å². The second kappa shape index (κ2) is 5.84. The summed E-state index contributed by atoms with van der Waals surface area (Å²) in [5, 5.41) is 10.2. The van der Waals surface area contributed by atoms with Crippen LogP contribution in [-0.4, -0.2) is 25.0 Å². The molecule has 1 aliphatic rings. The van der Waals surface area contributed by atoms with Crippen LogP contribution in [-0.2, 0) is 9.84 Å². The Kier molecular flexibility index (Phi) is 4.75. The van der Waals surface area contributed by atoms with Crippen LogP contribution in [0, 0.1) is 12.8 Å². The van der Waals surface area contributed by atoms with Crippen molar-refractivity contribution in [3.8, 4) is 0 Å². The Morgan fingerprint density at radius 2 is 2.16 bits per heavy atom. The van der Waals surface area contributed by atoms with E-state index in [1.807, 2.05) is 13.0 Å². The van der Waals surface area contributed by atoms with E-state index in [4.69, 9.17) is 0 Å². The molecule has 1 fully saturated rings. The molecule has 6 heteroatoms. The van der Waals surface area contributed by atoms with Crippen molar-refractivity contribution in [1.29, 1.82) is 0 Å². The molecule has 0 saturated heterocycles. The van der Waals surface area contributed by atoms with Gasteiger partial charge in [0, 0.05) is 20.5 Å². The van der Waals surface area contributed by atoms with Crippen LogP contribution < -0.4 is 0 Å². The lowest BCUT2D eigenvalue weighted by Crippen LogP contribution is -2.30. The summed E-state index contributed by atoms with van der Waals surface area (Å²) in [4.78, 5) is 2.08. The highest BCUT2D eigenvalue weighted by atomic mass is 79.9. The van der Waals surface area contributed by atoms with E-state index in [-0.39, 0.29) is 11.2 Å². The first-order chi connectivity index (χ1) is 8.79. The SMILES string of the molecule is Cc1sc(C(O)C2CCCC(S(C)(=O)=O)C2)cc1Br. The van der Waals surface area contributed by atoms with E-state index in [1.165, 1.54) is 6.26 Å². The van der Waals surface area contributed by atoms with Crippen molar-refractivity contribution in [1.82, 2.24) is 0 Å². The summed E-state index contributed by atoms with van der Waals surface area (Å²) in [5.41, 5.74) is 0. The molecule has 1 N–H and O–H groups in total. The lowest BCUT2D eigenvalue weighted by molar-refractivity contribution is 0.0887. The largest absolute Gasteiger partial charge is 0.387 e. The van der Waals surface area contributed by atoms with Gasteiger partial charge in [-0.2, -0.15) is 0 Å². The molecular formula is C13H19BrO3S2. The number of sulfone groups is 1. The van der Waals surface area contributed by atoms with E-state index >= 15 is 0 Å². The van der Waals surface area contributed by atoms with Crippen molar-refractivity contribution in [3.05, 3.63) is 20.3 Å². The molecule has 0 bridgehead atoms. The predicted octanol–water partition coefficient (Wildman–Crippen LogP) is 3.46. The van der Waals surface area contributed by atoms with E-state index in [0.29, 0.717) is 6.42 Å². The summed E-state index contributed by atoms with van der Waals surface area (Å²) in [6.45, 7) is 2.01. The van der Waals surface area contributed by atoms with Crippen LogP contribution in [0.2, 0.25) is 0 Å². The Labute approximate surface area is 127 Å². The summed E-state index contributed by atoms with van der Waals surface area (Å²) < 4.78 is 24.3. The van der Waals surface area contributed by atoms with Gasteiger partial charge < -0.3 is 5.11 Å². The zero-order valence-corrected chi connectivity index (χ0v) is 14.3. The van der Waals surface area contributed by atoms with Gasteiger partial charge in [-0.05, 0) is 54.1 Å². The monoisotopic (exact) mass is 366 g/mol. The number of hydrogen-bond acceptors (Lipinski definition) is 4. The molecule has 1 aliphatic carbocycles. The topological polar surface area (TPSA) is 54.4 Å². The smallest absolute Gasteiger partial charge is 0.150 e. The van der Waals surface area contributed by atoms with Gasteiger partial charge in [-0.25, -0.2) is 8.42 Å². The Bertz CT molecular complexity index is 531. The summed E-state index contributed by atoms with van der Waals surface area (Å²) in [6, 6.07) is 1.95. The normalized spacial score (nSPS) is 26.3. The van der Waals surface area contributed by atoms with E-state index in [9.17, 15) is 13.5 Å². The number of hydrogen-bond donors (Lipinski definition) is 1. The van der Waals surface area contributed by atoms with Gasteiger partial charge in [-0.3, -0.25) is 0 Å². The molecule has 0 radical (unpaired) electrons. The standard InChI is InChI=1S/C13H19BrO3S2/c1-8-11(14)7-12(18-8)13(15)9-4-3-5-10(6-9)19(2,16)17/h7,9-10,13,15H,3-6H2,1-2H3. The number of rotatable bonds is 3. The Hall–Kier alpha value is 0.0900. The van der Waals surface area contributed by atoms with Gasteiger partial charge in [0.1, 0.15) is 9.84 Å². The van der Waals surface area contributed by atoms with Gasteiger partial charge in [-0.15, -0.1) is 11.3 Å². The third kappa shape index (κ3) is 3.60. The maximum Gasteiger partial charge on any atom is 0.150 e. The molecule has 1 saturated carbocycles. The molecule has 1 heterocycles. The molecule has 108 valence electrons. The lowest BCUT2D eigenvalue weighted by Gasteiger charge is -2.30. The molecular weight excluding hydrogens is 348 g/mol. The number of aliphatic hydroxyl groups excluding tert-OH is 1. The fraction of sp³-hybridized carbons (Fsp3) is 0.692. The fourth-order valence-electron chi connectivity index (χ4n) is 2.72. The zero-order chi connectivity index (χ0) is 14.2. The maximum atomic E-state index is 11.7. The predicted molar refractivity (Wildman–Crippen MR) is 82.3 cm³/mol. The van der Waals surface area contributed by atoms with Gasteiger partial charge >= 0.3 is 0 Å². The molecule has 3 unspecified atom stereocenters. The van der Waals surface area contributed by atoms with Crippen LogP contribution in [0.15, 0.2) is 10.5 Å². The summed E-state index contributed by atoms with van der Waals surface area (Å²) in [7, 11) is -2.99. The van der Waals surface area contributed by atoms with Crippen molar-refractivity contribution >= 4 is 37.1 Å². The van der Waals surface area contributed by atoms with Crippen LogP contribution >= 0.6 is 27.3 Å². The van der Waals surface area contributed by atoms with Crippen molar-refractivity contribution in [2.45, 2.75) is 44.0 Å². The Morgan fingerprint density at radius 1 is 1.47 bits per heavy atom. The first-order valence-corrected chi connectivity index (χ1v) is 9.98. The minimum absolute atomic E-state index is 0.0541. The van der Waals surface area contributed by atoms with E-state index in [0.717, 1.165) is 33.5 Å². The van der Waals surface area contributed by atoms with E-state index in [2.05, 4.69) is 15.9 Å². The zero-order valence-electron chi connectivity index (χ0n) is 11.1. The van der Waals surface area contributed by atoms with Crippen LogP contribution in [0.5, 0.6) is 0 Å². The molecule has 3 atom stereocenters. The van der Waals surface area contributed by atoms with Gasteiger partial charge in [0.25, 0.3) is 0 Å². The minimum Gasteiger partial charge on any atom is -0.387 e. The average molecular weight is 367 g/mol. The quantitative estimate of drug-likeness (QED) is 0.890. The third-order valence-corrected chi connectivity index (χ3v) is 7.73. The molecule has 0 amide bonds. The first kappa shape index (κ1) is 15.5. The summed E-state index contributed by atoms with van der Waals surface area (Å²) in [6.07, 6.45) is 3.86. The molecule has 1 aromatic heterocycles. The molecule has 1 aromatic rings. The van der Waals surface area contributed by atoms with Crippen molar-refractivity contribution < 1.29 is 13.5 Å². The number of halogens is 1. The van der Waals surface area contributed by atoms with Gasteiger partial charge in [0.2, 0.25) is 0 Å². The van der Waals surface area contributed by atoms with Gasteiger partial charge in [0.05, 0.1) is 11.4 Å². The van der Waals surface area contributed by atoms with Gasteiger partial charge in [-0.1, -0.05) is 6.42 Å². The fourth-order valence-corrected chi connectivity index (χ4v) is 5.55. The maximum absolute atomic E-state index is 11.7. The van der Waals surface area contributed by atoms with Crippen LogP contribution in [0.3, 0.4) is 0 Å². The van der Waals surface area contributed by atoms with Crippen molar-refractivity contribution in [2.24, 2.45) is 5.92 Å². The Balaban J connectivity index is 2.13. The van der Waals surface area contributed by atoms with E-state index in [1.54, 1.807) is 11.3 Å². The third-order valence-electron chi connectivity index (χ3n) is 3.89. The van der Waals surface area contributed by atoms with E-state index < -0.39 is 15.9 Å². The van der Waals surface area contributed by atoms with Crippen molar-refractivity contribution in [3.63, 3.8) is 0 Å². The molecule has 0 aliphatic heterocycles. The number of thiophene rings is 1. The van der Waals surface area contributed by atoms with Gasteiger partial charge in [0.15, 0.2) is 0 Å².